The van der Waals surface area contributed by atoms with Gasteiger partial charge in [-0.05, 0) is 23.8 Å². The maximum Gasteiger partial charge on any atom is 0.337 e. The predicted molar refractivity (Wildman–Crippen MR) is 77.7 cm³/mol. The minimum Gasteiger partial charge on any atom is -0.478 e. The van der Waals surface area contributed by atoms with Crippen molar-refractivity contribution in [1.29, 1.82) is 0 Å². The van der Waals surface area contributed by atoms with Gasteiger partial charge in [-0.15, -0.1) is 0 Å². The lowest BCUT2D eigenvalue weighted by Gasteiger charge is -2.09. The van der Waals surface area contributed by atoms with Crippen LogP contribution >= 0.6 is 23.8 Å². The molecule has 4 nitrogen and oxygen atoms in total. The average molecular weight is 296 g/mol. The minimum absolute atomic E-state index is 0.0685. The van der Waals surface area contributed by atoms with Crippen molar-refractivity contribution in [2.45, 2.75) is 0 Å². The van der Waals surface area contributed by atoms with Crippen molar-refractivity contribution >= 4 is 35.5 Å². The first-order valence-corrected chi connectivity index (χ1v) is 6.47. The van der Waals surface area contributed by atoms with Gasteiger partial charge in [-0.25, -0.2) is 4.79 Å². The van der Waals surface area contributed by atoms with Gasteiger partial charge >= 0.3 is 5.97 Å². The van der Waals surface area contributed by atoms with E-state index in [1.54, 1.807) is 18.2 Å². The summed E-state index contributed by atoms with van der Waals surface area (Å²) in [6.45, 7) is 0. The Bertz CT molecular complexity index is 619. The number of nitrogens with one attached hydrogen (secondary N) is 1. The van der Waals surface area contributed by atoms with E-state index in [0.717, 1.165) is 5.56 Å². The Balaban J connectivity index is 2.52. The van der Waals surface area contributed by atoms with Crippen LogP contribution in [0.5, 0.6) is 0 Å². The molecule has 2 aromatic carbocycles. The zero-order valence-electron chi connectivity index (χ0n) is 9.63. The zero-order chi connectivity index (χ0) is 13.8. The number of hydrogen-bond acceptors (Lipinski definition) is 4. The Morgan fingerprint density at radius 1 is 1.21 bits per heavy atom. The van der Waals surface area contributed by atoms with Crippen LogP contribution in [0, 0.1) is 0 Å². The van der Waals surface area contributed by atoms with Gasteiger partial charge in [0, 0.05) is 10.6 Å². The fourth-order valence-corrected chi connectivity index (χ4v) is 2.24. The van der Waals surface area contributed by atoms with Gasteiger partial charge in [0.25, 0.3) is 0 Å². The quantitative estimate of drug-likeness (QED) is 0.581. The molecule has 0 spiro atoms. The fraction of sp³-hybridized carbons (Fsp3) is 0. The number of aromatic carboxylic acids is 1. The molecule has 0 amide bonds. The van der Waals surface area contributed by atoms with Crippen LogP contribution in [-0.4, -0.2) is 15.6 Å². The van der Waals surface area contributed by atoms with Gasteiger partial charge in [0.1, 0.15) is 12.2 Å². The lowest BCUT2D eigenvalue weighted by molar-refractivity contribution is 0.0698. The van der Waals surface area contributed by atoms with Crippen LogP contribution < -0.4 is 4.72 Å². The molecule has 0 fully saturated rings. The van der Waals surface area contributed by atoms with Crippen molar-refractivity contribution in [1.82, 2.24) is 0 Å². The molecule has 0 aliphatic rings. The summed E-state index contributed by atoms with van der Waals surface area (Å²) in [6, 6.07) is 12.0. The van der Waals surface area contributed by atoms with Crippen LogP contribution in [0.25, 0.3) is 11.1 Å². The van der Waals surface area contributed by atoms with E-state index in [2.05, 4.69) is 4.72 Å². The standard InChI is InChI=1S/C13H10ClNO3S/c14-11-4-2-1-3-9(11)8-5-6-12(15-19-18)10(7-8)13(16)17/h1-7,15,18H,(H,16,17). The third-order valence-electron chi connectivity index (χ3n) is 2.59. The van der Waals surface area contributed by atoms with Gasteiger partial charge in [-0.1, -0.05) is 35.9 Å². The normalized spacial score (nSPS) is 10.2. The first-order valence-electron chi connectivity index (χ1n) is 5.32. The summed E-state index contributed by atoms with van der Waals surface area (Å²) in [5.74, 6) is -1.08. The Hall–Kier alpha value is -1.69. The van der Waals surface area contributed by atoms with Gasteiger partial charge in [0.15, 0.2) is 0 Å². The van der Waals surface area contributed by atoms with Crippen LogP contribution in [-0.2, 0) is 0 Å². The molecule has 6 heteroatoms. The monoisotopic (exact) mass is 295 g/mol. The van der Waals surface area contributed by atoms with Crippen molar-refractivity contribution in [3.05, 3.63) is 53.1 Å². The highest BCUT2D eigenvalue weighted by atomic mass is 35.5. The van der Waals surface area contributed by atoms with E-state index in [4.69, 9.17) is 21.3 Å². The van der Waals surface area contributed by atoms with E-state index in [1.807, 2.05) is 18.2 Å². The Labute approximate surface area is 119 Å². The number of rotatable bonds is 4. The molecule has 0 bridgehead atoms. The molecule has 0 saturated carbocycles. The van der Waals surface area contributed by atoms with Crippen molar-refractivity contribution in [2.24, 2.45) is 0 Å². The summed E-state index contributed by atoms with van der Waals surface area (Å²) < 4.78 is 11.3. The lowest BCUT2D eigenvalue weighted by Crippen LogP contribution is -2.01. The third-order valence-corrected chi connectivity index (χ3v) is 3.23. The fourth-order valence-electron chi connectivity index (χ4n) is 1.72. The molecule has 0 radical (unpaired) electrons. The first-order chi connectivity index (χ1) is 9.13. The SMILES string of the molecule is O=C(O)c1cc(-c2ccccc2Cl)ccc1NSO. The molecule has 2 rings (SSSR count). The van der Waals surface area contributed by atoms with Crippen LogP contribution in [0.15, 0.2) is 42.5 Å². The van der Waals surface area contributed by atoms with E-state index in [0.29, 0.717) is 28.5 Å². The highest BCUT2D eigenvalue weighted by Gasteiger charge is 2.12. The molecular formula is C13H10ClNO3S. The molecule has 0 aromatic heterocycles. The molecule has 0 saturated heterocycles. The third kappa shape index (κ3) is 3.01. The maximum absolute atomic E-state index is 11.2. The zero-order valence-corrected chi connectivity index (χ0v) is 11.2. The van der Waals surface area contributed by atoms with Gasteiger partial charge in [-0.2, -0.15) is 0 Å². The number of hydrogen-bond donors (Lipinski definition) is 3. The van der Waals surface area contributed by atoms with E-state index in [-0.39, 0.29) is 5.56 Å². The molecule has 0 heterocycles. The van der Waals surface area contributed by atoms with Crippen molar-refractivity contribution in [2.75, 3.05) is 4.72 Å². The molecule has 0 aliphatic heterocycles. The second kappa shape index (κ2) is 5.97. The van der Waals surface area contributed by atoms with Crippen LogP contribution in [0.3, 0.4) is 0 Å². The van der Waals surface area contributed by atoms with Crippen LogP contribution in [0.4, 0.5) is 5.69 Å². The largest absolute Gasteiger partial charge is 0.478 e. The Kier molecular flexibility index (Phi) is 4.31. The Morgan fingerprint density at radius 2 is 1.95 bits per heavy atom. The predicted octanol–water partition coefficient (Wildman–Crippen LogP) is 4.24. The molecule has 0 aliphatic carbocycles. The van der Waals surface area contributed by atoms with E-state index in [9.17, 15) is 4.79 Å². The van der Waals surface area contributed by atoms with Gasteiger partial charge in [0.05, 0.1) is 11.3 Å². The summed E-state index contributed by atoms with van der Waals surface area (Å²) in [4.78, 5) is 11.2. The van der Waals surface area contributed by atoms with E-state index >= 15 is 0 Å². The molecule has 0 unspecified atom stereocenters. The van der Waals surface area contributed by atoms with Crippen LogP contribution in [0.1, 0.15) is 10.4 Å². The Morgan fingerprint density at radius 3 is 2.58 bits per heavy atom. The summed E-state index contributed by atoms with van der Waals surface area (Å²) in [6.07, 6.45) is 0. The summed E-state index contributed by atoms with van der Waals surface area (Å²) >= 11 is 6.44. The van der Waals surface area contributed by atoms with Gasteiger partial charge in [0.2, 0.25) is 0 Å². The van der Waals surface area contributed by atoms with Crippen molar-refractivity contribution in [3.63, 3.8) is 0 Å². The number of carboxylic acids is 1. The number of anilines is 1. The number of carbonyl (C=O) groups is 1. The second-order valence-electron chi connectivity index (χ2n) is 3.74. The topological polar surface area (TPSA) is 69.6 Å². The average Bonchev–Trinajstić information content (AvgIpc) is 2.40. The first kappa shape index (κ1) is 13.7. The number of benzene rings is 2. The summed E-state index contributed by atoms with van der Waals surface area (Å²) in [5.41, 5.74) is 1.86. The number of halogens is 1. The smallest absolute Gasteiger partial charge is 0.337 e. The van der Waals surface area contributed by atoms with Crippen molar-refractivity contribution < 1.29 is 14.5 Å². The van der Waals surface area contributed by atoms with Gasteiger partial charge in [-0.3, -0.25) is 0 Å². The molecule has 0 atom stereocenters. The number of carboxylic acid groups (broad SMARTS) is 1. The molecular weight excluding hydrogens is 286 g/mol. The molecule has 2 aromatic rings. The van der Waals surface area contributed by atoms with E-state index in [1.165, 1.54) is 6.07 Å². The summed E-state index contributed by atoms with van der Waals surface area (Å²) in [5, 5.41) is 9.72. The van der Waals surface area contributed by atoms with Gasteiger partial charge < -0.3 is 14.4 Å². The van der Waals surface area contributed by atoms with Crippen molar-refractivity contribution in [3.8, 4) is 11.1 Å². The highest BCUT2D eigenvalue weighted by Crippen LogP contribution is 2.31. The minimum atomic E-state index is -1.08. The maximum atomic E-state index is 11.2. The van der Waals surface area contributed by atoms with Crippen LogP contribution in [0.2, 0.25) is 5.02 Å². The van der Waals surface area contributed by atoms with E-state index < -0.39 is 5.97 Å². The molecule has 3 N–H and O–H groups in total. The summed E-state index contributed by atoms with van der Waals surface area (Å²) in [7, 11) is 0. The second-order valence-corrected chi connectivity index (χ2v) is 4.53. The molecule has 19 heavy (non-hydrogen) atoms. The molecule has 98 valence electrons. The lowest BCUT2D eigenvalue weighted by atomic mass is 10.0. The highest BCUT2D eigenvalue weighted by molar-refractivity contribution is 7.95.